The fourth-order valence-electron chi connectivity index (χ4n) is 1.85. The highest BCUT2D eigenvalue weighted by Gasteiger charge is 2.00. The number of hydrogen-bond acceptors (Lipinski definition) is 3. The fraction of sp³-hybridized carbons (Fsp3) is 0.188. The molecular weight excluding hydrogens is 290 g/mol. The lowest BCUT2D eigenvalue weighted by Crippen LogP contribution is -2.21. The largest absolute Gasteiger partial charge is 0.489 e. The Morgan fingerprint density at radius 1 is 1.14 bits per heavy atom. The third-order valence-corrected chi connectivity index (χ3v) is 3.03. The molecule has 0 aliphatic rings. The Morgan fingerprint density at radius 2 is 1.90 bits per heavy atom. The topological polar surface area (TPSA) is 58.6 Å². The molecule has 0 bridgehead atoms. The van der Waals surface area contributed by atoms with E-state index >= 15 is 0 Å². The molecule has 0 fully saturated rings. The molecule has 21 heavy (non-hydrogen) atoms. The van der Waals surface area contributed by atoms with Gasteiger partial charge in [0.2, 0.25) is 0 Å². The van der Waals surface area contributed by atoms with Gasteiger partial charge in [-0.05, 0) is 35.4 Å². The molecule has 2 aromatic carbocycles. The molecule has 0 amide bonds. The van der Waals surface area contributed by atoms with Crippen molar-refractivity contribution in [2.75, 3.05) is 6.54 Å². The minimum Gasteiger partial charge on any atom is -0.489 e. The summed E-state index contributed by atoms with van der Waals surface area (Å²) >= 11 is 5.92. The van der Waals surface area contributed by atoms with Gasteiger partial charge in [0.1, 0.15) is 12.4 Å². The van der Waals surface area contributed by atoms with Crippen LogP contribution in [0.5, 0.6) is 5.75 Å². The first-order valence-corrected chi connectivity index (χ1v) is 6.90. The molecule has 0 spiro atoms. The van der Waals surface area contributed by atoms with Crippen molar-refractivity contribution in [1.29, 1.82) is 0 Å². The van der Waals surface area contributed by atoms with Gasteiger partial charge in [0.05, 0.1) is 6.54 Å². The van der Waals surface area contributed by atoms with E-state index in [0.717, 1.165) is 16.9 Å². The predicted molar refractivity (Wildman–Crippen MR) is 81.6 cm³/mol. The van der Waals surface area contributed by atoms with Gasteiger partial charge < -0.3 is 15.2 Å². The lowest BCUT2D eigenvalue weighted by molar-refractivity contribution is -0.135. The minimum atomic E-state index is -0.872. The number of aliphatic carboxylic acids is 1. The number of carbonyl (C=O) groups is 1. The second-order valence-electron chi connectivity index (χ2n) is 4.56. The molecule has 0 heterocycles. The van der Waals surface area contributed by atoms with Gasteiger partial charge in [0.25, 0.3) is 0 Å². The standard InChI is InChI=1S/C16H16ClNO3/c17-14-5-1-4-13(7-14)11-21-15-6-2-3-12(8-15)9-18-10-16(19)20/h1-8,18H,9-11H2,(H,19,20). The summed E-state index contributed by atoms with van der Waals surface area (Å²) < 4.78 is 5.71. The molecule has 4 nitrogen and oxygen atoms in total. The zero-order valence-electron chi connectivity index (χ0n) is 11.4. The highest BCUT2D eigenvalue weighted by Crippen LogP contribution is 2.17. The molecule has 2 rings (SSSR count). The average molecular weight is 306 g/mol. The van der Waals surface area contributed by atoms with E-state index in [4.69, 9.17) is 21.4 Å². The van der Waals surface area contributed by atoms with Crippen LogP contribution in [0.25, 0.3) is 0 Å². The van der Waals surface area contributed by atoms with Gasteiger partial charge in [0, 0.05) is 11.6 Å². The molecule has 0 saturated carbocycles. The summed E-state index contributed by atoms with van der Waals surface area (Å²) in [7, 11) is 0. The van der Waals surface area contributed by atoms with Crippen molar-refractivity contribution in [3.05, 3.63) is 64.7 Å². The molecule has 0 aliphatic carbocycles. The van der Waals surface area contributed by atoms with Crippen LogP contribution >= 0.6 is 11.6 Å². The van der Waals surface area contributed by atoms with Crippen molar-refractivity contribution >= 4 is 17.6 Å². The van der Waals surface area contributed by atoms with E-state index < -0.39 is 5.97 Å². The van der Waals surface area contributed by atoms with Gasteiger partial charge >= 0.3 is 5.97 Å². The van der Waals surface area contributed by atoms with Crippen LogP contribution < -0.4 is 10.1 Å². The van der Waals surface area contributed by atoms with Crippen LogP contribution in [0.3, 0.4) is 0 Å². The van der Waals surface area contributed by atoms with Crippen molar-refractivity contribution < 1.29 is 14.6 Å². The average Bonchev–Trinajstić information content (AvgIpc) is 2.45. The summed E-state index contributed by atoms with van der Waals surface area (Å²) in [6.07, 6.45) is 0. The van der Waals surface area contributed by atoms with Crippen molar-refractivity contribution in [2.45, 2.75) is 13.2 Å². The normalized spacial score (nSPS) is 10.3. The molecule has 110 valence electrons. The maximum Gasteiger partial charge on any atom is 0.317 e. The Morgan fingerprint density at radius 3 is 2.67 bits per heavy atom. The van der Waals surface area contributed by atoms with Crippen LogP contribution in [0, 0.1) is 0 Å². The third kappa shape index (κ3) is 5.45. The van der Waals surface area contributed by atoms with Gasteiger partial charge in [-0.1, -0.05) is 35.9 Å². The van der Waals surface area contributed by atoms with Crippen LogP contribution in [0.4, 0.5) is 0 Å². The second-order valence-corrected chi connectivity index (χ2v) is 5.00. The smallest absolute Gasteiger partial charge is 0.317 e. The lowest BCUT2D eigenvalue weighted by atomic mass is 10.2. The first-order valence-electron chi connectivity index (χ1n) is 6.52. The number of hydrogen-bond donors (Lipinski definition) is 2. The number of carboxylic acids is 1. The summed E-state index contributed by atoms with van der Waals surface area (Å²) in [4.78, 5) is 10.4. The Kier molecular flexibility index (Phi) is 5.60. The van der Waals surface area contributed by atoms with E-state index in [1.807, 2.05) is 48.5 Å². The van der Waals surface area contributed by atoms with Crippen molar-refractivity contribution in [1.82, 2.24) is 5.32 Å². The highest BCUT2D eigenvalue weighted by atomic mass is 35.5. The summed E-state index contributed by atoms with van der Waals surface area (Å²) in [5, 5.41) is 12.1. The first kappa shape index (κ1) is 15.4. The molecule has 5 heteroatoms. The first-order chi connectivity index (χ1) is 10.1. The SMILES string of the molecule is O=C(O)CNCc1cccc(OCc2cccc(Cl)c2)c1. The number of rotatable bonds is 7. The van der Waals surface area contributed by atoms with E-state index in [1.54, 1.807) is 0 Å². The van der Waals surface area contributed by atoms with E-state index in [-0.39, 0.29) is 6.54 Å². The van der Waals surface area contributed by atoms with Gasteiger partial charge in [-0.3, -0.25) is 4.79 Å². The summed E-state index contributed by atoms with van der Waals surface area (Å²) in [5.74, 6) is -0.132. The van der Waals surface area contributed by atoms with Crippen LogP contribution in [-0.2, 0) is 17.9 Å². The van der Waals surface area contributed by atoms with E-state index in [1.165, 1.54) is 0 Å². The Hall–Kier alpha value is -2.04. The quantitative estimate of drug-likeness (QED) is 0.825. The van der Waals surface area contributed by atoms with E-state index in [9.17, 15) is 4.79 Å². The summed E-state index contributed by atoms with van der Waals surface area (Å²) in [5.41, 5.74) is 1.97. The van der Waals surface area contributed by atoms with Crippen molar-refractivity contribution in [3.63, 3.8) is 0 Å². The molecule has 0 aromatic heterocycles. The van der Waals surface area contributed by atoms with Crippen LogP contribution in [0.15, 0.2) is 48.5 Å². The number of nitrogens with one attached hydrogen (secondary N) is 1. The Bertz CT molecular complexity index is 616. The molecule has 0 saturated heterocycles. The van der Waals surface area contributed by atoms with Crippen LogP contribution in [0.1, 0.15) is 11.1 Å². The number of benzene rings is 2. The van der Waals surface area contributed by atoms with E-state index in [2.05, 4.69) is 5.32 Å². The zero-order valence-corrected chi connectivity index (χ0v) is 12.1. The minimum absolute atomic E-state index is 0.0619. The highest BCUT2D eigenvalue weighted by molar-refractivity contribution is 6.30. The fourth-order valence-corrected chi connectivity index (χ4v) is 2.07. The lowest BCUT2D eigenvalue weighted by Gasteiger charge is -2.09. The zero-order chi connectivity index (χ0) is 15.1. The van der Waals surface area contributed by atoms with Crippen LogP contribution in [0.2, 0.25) is 5.02 Å². The maximum absolute atomic E-state index is 10.4. The predicted octanol–water partition coefficient (Wildman–Crippen LogP) is 3.09. The number of ether oxygens (including phenoxy) is 1. The third-order valence-electron chi connectivity index (χ3n) is 2.80. The molecular formula is C16H16ClNO3. The van der Waals surface area contributed by atoms with Crippen molar-refractivity contribution in [2.24, 2.45) is 0 Å². The van der Waals surface area contributed by atoms with Crippen molar-refractivity contribution in [3.8, 4) is 5.75 Å². The van der Waals surface area contributed by atoms with Gasteiger partial charge in [-0.15, -0.1) is 0 Å². The van der Waals surface area contributed by atoms with Crippen LogP contribution in [-0.4, -0.2) is 17.6 Å². The van der Waals surface area contributed by atoms with E-state index in [0.29, 0.717) is 18.2 Å². The maximum atomic E-state index is 10.4. The second kappa shape index (κ2) is 7.67. The molecule has 0 radical (unpaired) electrons. The van der Waals surface area contributed by atoms with Gasteiger partial charge in [-0.25, -0.2) is 0 Å². The molecule has 0 unspecified atom stereocenters. The molecule has 2 N–H and O–H groups in total. The molecule has 0 aliphatic heterocycles. The Labute approximate surface area is 128 Å². The summed E-state index contributed by atoms with van der Waals surface area (Å²) in [6.45, 7) is 0.862. The molecule has 2 aromatic rings. The Balaban J connectivity index is 1.90. The summed E-state index contributed by atoms with van der Waals surface area (Å²) in [6, 6.07) is 15.1. The van der Waals surface area contributed by atoms with Gasteiger partial charge in [-0.2, -0.15) is 0 Å². The number of carboxylic acid groups (broad SMARTS) is 1. The van der Waals surface area contributed by atoms with Gasteiger partial charge in [0.15, 0.2) is 0 Å². The monoisotopic (exact) mass is 305 g/mol. The number of halogens is 1. The molecule has 0 atom stereocenters.